The third-order valence-electron chi connectivity index (χ3n) is 3.75. The Balaban J connectivity index is 2.31. The van der Waals surface area contributed by atoms with E-state index in [1.165, 1.54) is 39.2 Å². The van der Waals surface area contributed by atoms with Crippen molar-refractivity contribution >= 4 is 5.97 Å². The molecule has 0 radical (unpaired) electrons. The Morgan fingerprint density at radius 1 is 1.31 bits per heavy atom. The third kappa shape index (κ3) is 3.66. The summed E-state index contributed by atoms with van der Waals surface area (Å²) in [7, 11) is 1.43. The highest BCUT2D eigenvalue weighted by molar-refractivity contribution is 5.88. The van der Waals surface area contributed by atoms with Gasteiger partial charge in [0.25, 0.3) is 0 Å². The van der Waals surface area contributed by atoms with Gasteiger partial charge in [-0.2, -0.15) is 0 Å². The number of esters is 1. The lowest BCUT2D eigenvalue weighted by Crippen LogP contribution is -2.20. The van der Waals surface area contributed by atoms with Crippen LogP contribution in [0.3, 0.4) is 0 Å². The smallest absolute Gasteiger partial charge is 0.333 e. The van der Waals surface area contributed by atoms with Crippen molar-refractivity contribution in [3.63, 3.8) is 0 Å². The normalized spacial score (nSPS) is 25.1. The van der Waals surface area contributed by atoms with Crippen LogP contribution in [0.2, 0.25) is 0 Å². The Bertz CT molecular complexity index is 237. The van der Waals surface area contributed by atoms with Crippen molar-refractivity contribution in [3.05, 3.63) is 12.2 Å². The van der Waals surface area contributed by atoms with Gasteiger partial charge in [-0.05, 0) is 37.5 Å². The molecule has 2 nitrogen and oxygen atoms in total. The highest BCUT2D eigenvalue weighted by Gasteiger charge is 2.25. The maximum Gasteiger partial charge on any atom is 0.333 e. The minimum Gasteiger partial charge on any atom is -0.466 e. The average molecular weight is 224 g/mol. The maximum atomic E-state index is 11.3. The minimum absolute atomic E-state index is 0.225. The number of rotatable bonds is 5. The Kier molecular flexibility index (Phi) is 5.58. The van der Waals surface area contributed by atoms with Gasteiger partial charge >= 0.3 is 5.97 Å². The van der Waals surface area contributed by atoms with Crippen molar-refractivity contribution in [1.82, 2.24) is 0 Å². The summed E-state index contributed by atoms with van der Waals surface area (Å²) in [4.78, 5) is 11.3. The molecule has 16 heavy (non-hydrogen) atoms. The van der Waals surface area contributed by atoms with E-state index in [9.17, 15) is 4.79 Å². The van der Waals surface area contributed by atoms with Crippen LogP contribution in [0.15, 0.2) is 12.2 Å². The number of carbonyl (C=O) groups excluding carboxylic acids is 1. The zero-order chi connectivity index (χ0) is 12.0. The largest absolute Gasteiger partial charge is 0.466 e. The van der Waals surface area contributed by atoms with E-state index < -0.39 is 0 Å². The molecular formula is C14H24O2. The quantitative estimate of drug-likeness (QED) is 0.525. The van der Waals surface area contributed by atoms with Crippen LogP contribution in [0.25, 0.3) is 0 Å². The lowest BCUT2D eigenvalue weighted by atomic mass is 9.77. The summed E-state index contributed by atoms with van der Waals surface area (Å²) in [5, 5.41) is 0. The van der Waals surface area contributed by atoms with Crippen molar-refractivity contribution in [3.8, 4) is 0 Å². The summed E-state index contributed by atoms with van der Waals surface area (Å²) in [6.07, 6.45) is 8.71. The molecule has 0 atom stereocenters. The summed E-state index contributed by atoms with van der Waals surface area (Å²) in [5.74, 6) is 1.02. The Hall–Kier alpha value is -0.790. The molecule has 0 amide bonds. The molecule has 0 aromatic rings. The summed E-state index contributed by atoms with van der Waals surface area (Å²) < 4.78 is 4.72. The summed E-state index contributed by atoms with van der Waals surface area (Å²) in [5.41, 5.74) is 0.677. The van der Waals surface area contributed by atoms with Gasteiger partial charge in [-0.25, -0.2) is 4.79 Å². The average Bonchev–Trinajstić information content (AvgIpc) is 2.35. The van der Waals surface area contributed by atoms with Gasteiger partial charge in [0, 0.05) is 5.57 Å². The molecule has 0 aromatic carbocycles. The molecule has 1 fully saturated rings. The number of hydrogen-bond acceptors (Lipinski definition) is 2. The fraction of sp³-hybridized carbons (Fsp3) is 0.786. The van der Waals surface area contributed by atoms with Crippen LogP contribution in [-0.4, -0.2) is 13.1 Å². The minimum atomic E-state index is -0.225. The SMILES string of the molecule is C=C(C(=O)OC)C1CCC(CCCC)CC1. The molecule has 0 spiro atoms. The number of hydrogen-bond donors (Lipinski definition) is 0. The van der Waals surface area contributed by atoms with Gasteiger partial charge in [0.15, 0.2) is 0 Å². The molecule has 0 unspecified atom stereocenters. The first kappa shape index (κ1) is 13.3. The highest BCUT2D eigenvalue weighted by atomic mass is 16.5. The Morgan fingerprint density at radius 2 is 1.94 bits per heavy atom. The molecule has 2 heteroatoms. The van der Waals surface area contributed by atoms with Crippen LogP contribution in [-0.2, 0) is 9.53 Å². The van der Waals surface area contributed by atoms with E-state index in [0.29, 0.717) is 11.5 Å². The number of unbranched alkanes of at least 4 members (excludes halogenated alkanes) is 1. The van der Waals surface area contributed by atoms with Crippen molar-refractivity contribution in [1.29, 1.82) is 0 Å². The van der Waals surface area contributed by atoms with Crippen molar-refractivity contribution in [2.45, 2.75) is 51.9 Å². The Morgan fingerprint density at radius 3 is 2.44 bits per heavy atom. The molecular weight excluding hydrogens is 200 g/mol. The van der Waals surface area contributed by atoms with E-state index in [4.69, 9.17) is 4.74 Å². The first-order valence-electron chi connectivity index (χ1n) is 6.46. The van der Waals surface area contributed by atoms with Gasteiger partial charge in [-0.3, -0.25) is 0 Å². The van der Waals surface area contributed by atoms with Gasteiger partial charge in [0.2, 0.25) is 0 Å². The van der Waals surface area contributed by atoms with Crippen LogP contribution in [0.4, 0.5) is 0 Å². The highest BCUT2D eigenvalue weighted by Crippen LogP contribution is 2.35. The molecule has 0 heterocycles. The summed E-state index contributed by atoms with van der Waals surface area (Å²) in [6.45, 7) is 6.10. The number of ether oxygens (including phenoxy) is 1. The topological polar surface area (TPSA) is 26.3 Å². The molecule has 0 N–H and O–H groups in total. The predicted molar refractivity (Wildman–Crippen MR) is 66.1 cm³/mol. The maximum absolute atomic E-state index is 11.3. The van der Waals surface area contributed by atoms with Gasteiger partial charge in [-0.15, -0.1) is 0 Å². The third-order valence-corrected chi connectivity index (χ3v) is 3.75. The van der Waals surface area contributed by atoms with E-state index in [2.05, 4.69) is 13.5 Å². The predicted octanol–water partition coefficient (Wildman–Crippen LogP) is 3.71. The fourth-order valence-corrected chi connectivity index (χ4v) is 2.59. The van der Waals surface area contributed by atoms with Crippen molar-refractivity contribution in [2.75, 3.05) is 7.11 Å². The summed E-state index contributed by atoms with van der Waals surface area (Å²) in [6, 6.07) is 0. The second-order valence-electron chi connectivity index (χ2n) is 4.88. The second kappa shape index (κ2) is 6.72. The van der Waals surface area contributed by atoms with E-state index >= 15 is 0 Å². The second-order valence-corrected chi connectivity index (χ2v) is 4.88. The van der Waals surface area contributed by atoms with E-state index in [1.54, 1.807) is 0 Å². The van der Waals surface area contributed by atoms with Gasteiger partial charge < -0.3 is 4.74 Å². The van der Waals surface area contributed by atoms with Gasteiger partial charge in [-0.1, -0.05) is 32.8 Å². The lowest BCUT2D eigenvalue weighted by Gasteiger charge is -2.28. The molecule has 1 aliphatic carbocycles. The van der Waals surface area contributed by atoms with Gasteiger partial charge in [0.1, 0.15) is 0 Å². The zero-order valence-electron chi connectivity index (χ0n) is 10.6. The molecule has 1 rings (SSSR count). The van der Waals surface area contributed by atoms with E-state index in [-0.39, 0.29) is 5.97 Å². The van der Waals surface area contributed by atoms with Crippen molar-refractivity contribution < 1.29 is 9.53 Å². The van der Waals surface area contributed by atoms with Crippen LogP contribution >= 0.6 is 0 Å². The molecule has 0 aromatic heterocycles. The molecule has 0 bridgehead atoms. The molecule has 0 saturated heterocycles. The molecule has 92 valence electrons. The lowest BCUT2D eigenvalue weighted by molar-refractivity contribution is -0.136. The van der Waals surface area contributed by atoms with Gasteiger partial charge in [0.05, 0.1) is 7.11 Å². The number of carbonyl (C=O) groups is 1. The standard InChI is InChI=1S/C14H24O2/c1-4-5-6-12-7-9-13(10-8-12)11(2)14(15)16-3/h12-13H,2,4-10H2,1,3H3. The van der Waals surface area contributed by atoms with Crippen molar-refractivity contribution in [2.24, 2.45) is 11.8 Å². The fourth-order valence-electron chi connectivity index (χ4n) is 2.59. The molecule has 1 aliphatic rings. The first-order chi connectivity index (χ1) is 7.69. The number of methoxy groups -OCH3 is 1. The van der Waals surface area contributed by atoms with Crippen LogP contribution in [0, 0.1) is 11.8 Å². The molecule has 1 saturated carbocycles. The monoisotopic (exact) mass is 224 g/mol. The van der Waals surface area contributed by atoms with Crippen LogP contribution in [0.1, 0.15) is 51.9 Å². The van der Waals surface area contributed by atoms with E-state index in [1.807, 2.05) is 0 Å². The first-order valence-corrected chi connectivity index (χ1v) is 6.46. The Labute approximate surface area is 99.1 Å². The molecule has 0 aliphatic heterocycles. The van der Waals surface area contributed by atoms with E-state index in [0.717, 1.165) is 18.8 Å². The van der Waals surface area contributed by atoms with Crippen LogP contribution < -0.4 is 0 Å². The zero-order valence-corrected chi connectivity index (χ0v) is 10.6. The summed E-state index contributed by atoms with van der Waals surface area (Å²) >= 11 is 0. The van der Waals surface area contributed by atoms with Crippen LogP contribution in [0.5, 0.6) is 0 Å².